The van der Waals surface area contributed by atoms with Crippen molar-refractivity contribution in [2.75, 3.05) is 9.80 Å². The Kier molecular flexibility index (Phi) is 11.0. The standard InChI is InChI=1S/C70H85BN2O/c1-63(2,3)43-23-21-42(22-24-43)48-35-44(64(4,5)6)25-29-55(48)73-56-30-26-45(65(7,8)9)36-54(56)71-60-49-40-52-53(70(19,20)34-33-69(52,17)18)41-59(49)74-62(60)72(57-37-46(66(10,11)12)38-58(73)61(57)71)47-27-28-50-51(39-47)68(15,16)32-31-67(50,13)14/h21-30,35-41H,31-34H2,1-20H3. The molecule has 1 aromatic heterocycles. The van der Waals surface area contributed by atoms with Crippen LogP contribution in [0.3, 0.4) is 0 Å². The summed E-state index contributed by atoms with van der Waals surface area (Å²) in [7, 11) is 0. The fourth-order valence-corrected chi connectivity index (χ4v) is 13.3. The van der Waals surface area contributed by atoms with Crippen LogP contribution in [-0.2, 0) is 43.3 Å². The maximum absolute atomic E-state index is 7.69. The van der Waals surface area contributed by atoms with Crippen LogP contribution in [0.15, 0.2) is 108 Å². The van der Waals surface area contributed by atoms with E-state index in [4.69, 9.17) is 4.42 Å². The molecule has 384 valence electrons. The minimum Gasteiger partial charge on any atom is -0.440 e. The lowest BCUT2D eigenvalue weighted by Crippen LogP contribution is -2.61. The Hall–Kier alpha value is -5.48. The summed E-state index contributed by atoms with van der Waals surface area (Å²) in [4.78, 5) is 5.24. The monoisotopic (exact) mass is 981 g/mol. The van der Waals surface area contributed by atoms with Gasteiger partial charge in [-0.05, 0) is 185 Å². The van der Waals surface area contributed by atoms with Crippen LogP contribution in [0.5, 0.6) is 0 Å². The first-order valence-corrected chi connectivity index (χ1v) is 28.1. The van der Waals surface area contributed by atoms with Gasteiger partial charge in [-0.1, -0.05) is 187 Å². The van der Waals surface area contributed by atoms with Crippen LogP contribution in [0.2, 0.25) is 0 Å². The molecule has 0 fully saturated rings. The van der Waals surface area contributed by atoms with Gasteiger partial charge in [0.25, 0.3) is 6.71 Å². The van der Waals surface area contributed by atoms with Crippen molar-refractivity contribution < 1.29 is 4.42 Å². The Morgan fingerprint density at radius 1 is 0.405 bits per heavy atom. The summed E-state index contributed by atoms with van der Waals surface area (Å²) in [5.74, 6) is 0.954. The Morgan fingerprint density at radius 3 is 1.43 bits per heavy atom. The zero-order valence-corrected chi connectivity index (χ0v) is 49.0. The number of furan rings is 1. The minimum atomic E-state index is -0.164. The second-order valence-corrected chi connectivity index (χ2v) is 30.1. The number of hydrogen-bond acceptors (Lipinski definition) is 3. The van der Waals surface area contributed by atoms with Crippen molar-refractivity contribution in [1.29, 1.82) is 0 Å². The van der Waals surface area contributed by atoms with Crippen molar-refractivity contribution in [3.63, 3.8) is 0 Å². The fraction of sp³-hybridized carbons (Fsp3) is 0.457. The number of benzene rings is 6. The van der Waals surface area contributed by atoms with Gasteiger partial charge in [0.05, 0.1) is 5.69 Å². The predicted octanol–water partition coefficient (Wildman–Crippen LogP) is 18.1. The third-order valence-corrected chi connectivity index (χ3v) is 18.7. The third kappa shape index (κ3) is 7.95. The van der Waals surface area contributed by atoms with Gasteiger partial charge in [-0.15, -0.1) is 0 Å². The molecule has 6 aromatic carbocycles. The minimum absolute atomic E-state index is 0.0264. The van der Waals surface area contributed by atoms with Gasteiger partial charge in [-0.25, -0.2) is 0 Å². The molecule has 7 aromatic rings. The predicted molar refractivity (Wildman–Crippen MR) is 321 cm³/mol. The molecular weight excluding hydrogens is 896 g/mol. The molecule has 0 atom stereocenters. The van der Waals surface area contributed by atoms with Gasteiger partial charge in [0.15, 0.2) is 0 Å². The van der Waals surface area contributed by atoms with Crippen LogP contribution in [0.4, 0.5) is 34.3 Å². The van der Waals surface area contributed by atoms with Crippen molar-refractivity contribution in [3.8, 4) is 11.1 Å². The highest BCUT2D eigenvalue weighted by Gasteiger charge is 2.49. The highest BCUT2D eigenvalue weighted by molar-refractivity contribution is 7.01. The summed E-state index contributed by atoms with van der Waals surface area (Å²) in [6.45, 7) is 47.7. The molecule has 0 bridgehead atoms. The van der Waals surface area contributed by atoms with Gasteiger partial charge in [0.1, 0.15) is 5.58 Å². The van der Waals surface area contributed by atoms with E-state index < -0.39 is 0 Å². The Labute approximate surface area is 446 Å². The average Bonchev–Trinajstić information content (AvgIpc) is 3.68. The Morgan fingerprint density at radius 2 is 0.878 bits per heavy atom. The van der Waals surface area contributed by atoms with Crippen molar-refractivity contribution >= 4 is 68.4 Å². The molecule has 2 aliphatic heterocycles. The van der Waals surface area contributed by atoms with Gasteiger partial charge in [-0.3, -0.25) is 4.90 Å². The molecule has 3 nitrogen and oxygen atoms in total. The second kappa shape index (κ2) is 16.0. The van der Waals surface area contributed by atoms with E-state index >= 15 is 0 Å². The van der Waals surface area contributed by atoms with E-state index in [0.717, 1.165) is 30.7 Å². The quantitative estimate of drug-likeness (QED) is 0.165. The molecule has 0 amide bonds. The van der Waals surface area contributed by atoms with E-state index in [1.807, 2.05) is 0 Å². The van der Waals surface area contributed by atoms with E-state index in [2.05, 4.69) is 251 Å². The summed E-state index contributed by atoms with van der Waals surface area (Å²) in [5, 5.41) is 1.24. The SMILES string of the molecule is CC(C)(C)c1ccc(-c2cc(C(C)(C)C)ccc2N2c3ccc(C(C)(C)C)cc3B3c4c2cc(C(C)(C)C)cc4N(c2ccc4c(c2)C(C)(C)CCC4(C)C)c2oc4cc5c(cc4c23)C(C)(C)CCC5(C)C)cc1. The molecule has 0 saturated heterocycles. The van der Waals surface area contributed by atoms with Crippen molar-refractivity contribution in [2.45, 2.75) is 207 Å². The van der Waals surface area contributed by atoms with E-state index in [0.29, 0.717) is 0 Å². The molecule has 0 radical (unpaired) electrons. The first-order valence-electron chi connectivity index (χ1n) is 28.1. The van der Waals surface area contributed by atoms with Crippen LogP contribution in [0.25, 0.3) is 22.1 Å². The molecule has 0 unspecified atom stereocenters. The van der Waals surface area contributed by atoms with Gasteiger partial charge in [0.2, 0.25) is 5.88 Å². The maximum Gasteiger partial charge on any atom is 0.257 e. The largest absolute Gasteiger partial charge is 0.440 e. The zero-order valence-electron chi connectivity index (χ0n) is 49.0. The van der Waals surface area contributed by atoms with Crippen LogP contribution in [0, 0.1) is 0 Å². The lowest BCUT2D eigenvalue weighted by atomic mass is 9.33. The highest BCUT2D eigenvalue weighted by Crippen LogP contribution is 2.54. The summed E-state index contributed by atoms with van der Waals surface area (Å²) in [6.07, 6.45) is 4.63. The van der Waals surface area contributed by atoms with E-state index in [9.17, 15) is 0 Å². The topological polar surface area (TPSA) is 19.6 Å². The summed E-state index contributed by atoms with van der Waals surface area (Å²) >= 11 is 0. The molecule has 0 spiro atoms. The van der Waals surface area contributed by atoms with Gasteiger partial charge in [-0.2, -0.15) is 0 Å². The lowest BCUT2D eigenvalue weighted by Gasteiger charge is -2.45. The molecule has 3 heterocycles. The number of hydrogen-bond donors (Lipinski definition) is 0. The average molecular weight is 981 g/mol. The fourth-order valence-electron chi connectivity index (χ4n) is 13.3. The van der Waals surface area contributed by atoms with Crippen LogP contribution in [0.1, 0.15) is 209 Å². The lowest BCUT2D eigenvalue weighted by molar-refractivity contribution is 0.332. The highest BCUT2D eigenvalue weighted by atomic mass is 16.4. The molecule has 0 saturated carbocycles. The van der Waals surface area contributed by atoms with E-state index in [1.165, 1.54) is 112 Å². The van der Waals surface area contributed by atoms with E-state index in [1.54, 1.807) is 0 Å². The summed E-state index contributed by atoms with van der Waals surface area (Å²) < 4.78 is 7.69. The molecule has 2 aliphatic carbocycles. The number of anilines is 6. The Bertz CT molecular complexity index is 3440. The second-order valence-electron chi connectivity index (χ2n) is 30.1. The third-order valence-electron chi connectivity index (χ3n) is 18.7. The van der Waals surface area contributed by atoms with Crippen LogP contribution >= 0.6 is 0 Å². The first kappa shape index (κ1) is 50.7. The van der Waals surface area contributed by atoms with Crippen molar-refractivity contribution in [3.05, 3.63) is 148 Å². The molecule has 0 N–H and O–H groups in total. The van der Waals surface area contributed by atoms with Crippen LogP contribution < -0.4 is 26.2 Å². The number of rotatable bonds is 3. The molecule has 11 rings (SSSR count). The number of nitrogens with zero attached hydrogens (tertiary/aromatic N) is 2. The first-order chi connectivity index (χ1) is 34.2. The molecule has 74 heavy (non-hydrogen) atoms. The molecule has 4 aliphatic rings. The zero-order chi connectivity index (χ0) is 53.4. The smallest absolute Gasteiger partial charge is 0.257 e. The van der Waals surface area contributed by atoms with E-state index in [-0.39, 0.29) is 50.0 Å². The van der Waals surface area contributed by atoms with Gasteiger partial charge >= 0.3 is 0 Å². The van der Waals surface area contributed by atoms with Crippen molar-refractivity contribution in [2.24, 2.45) is 0 Å². The molecular formula is C70H85BN2O. The van der Waals surface area contributed by atoms with Crippen molar-refractivity contribution in [1.82, 2.24) is 0 Å². The van der Waals surface area contributed by atoms with Gasteiger partial charge < -0.3 is 9.32 Å². The molecule has 4 heteroatoms. The number of fused-ring (bicyclic) bond motifs is 8. The Balaban J connectivity index is 1.30. The normalized spacial score (nSPS) is 18.4. The van der Waals surface area contributed by atoms with Gasteiger partial charge in [0, 0.05) is 39.2 Å². The summed E-state index contributed by atoms with van der Waals surface area (Å²) in [6, 6.07) is 41.8. The maximum atomic E-state index is 7.69. The van der Waals surface area contributed by atoms with Crippen LogP contribution in [-0.4, -0.2) is 6.71 Å². The summed E-state index contributed by atoms with van der Waals surface area (Å²) in [5.41, 5.74) is 24.5.